The van der Waals surface area contributed by atoms with Crippen molar-refractivity contribution in [2.45, 2.75) is 20.5 Å². The van der Waals surface area contributed by atoms with Crippen molar-refractivity contribution >= 4 is 17.5 Å². The summed E-state index contributed by atoms with van der Waals surface area (Å²) in [4.78, 5) is 22.5. The minimum atomic E-state index is -0.811. The third kappa shape index (κ3) is 6.42. The van der Waals surface area contributed by atoms with Crippen LogP contribution in [-0.4, -0.2) is 60.8 Å². The van der Waals surface area contributed by atoms with Crippen molar-refractivity contribution in [3.05, 3.63) is 65.0 Å². The fraction of sp³-hybridized carbons (Fsp3) is 0.346. The van der Waals surface area contributed by atoms with E-state index in [1.165, 1.54) is 32.5 Å². The zero-order valence-corrected chi connectivity index (χ0v) is 20.8. The first-order chi connectivity index (χ1) is 17.9. The molecule has 0 unspecified atom stereocenters. The summed E-state index contributed by atoms with van der Waals surface area (Å²) in [5.41, 5.74) is 1.54. The SMILES string of the molecule is COc1cc(C)c(F)c(COc2cnc(Nc3ccc(C)c(OCC(=O)N4CCOCC4)c3)nc2)c1F. The van der Waals surface area contributed by atoms with E-state index in [4.69, 9.17) is 18.9 Å². The molecular weight excluding hydrogens is 486 g/mol. The number of benzene rings is 2. The minimum Gasteiger partial charge on any atom is -0.494 e. The second-order valence-corrected chi connectivity index (χ2v) is 8.42. The van der Waals surface area contributed by atoms with Gasteiger partial charge >= 0.3 is 0 Å². The van der Waals surface area contributed by atoms with E-state index >= 15 is 0 Å². The van der Waals surface area contributed by atoms with Crippen LogP contribution in [0.4, 0.5) is 20.4 Å². The number of aryl methyl sites for hydroxylation is 2. The summed E-state index contributed by atoms with van der Waals surface area (Å²) in [5, 5.41) is 3.06. The van der Waals surface area contributed by atoms with E-state index in [9.17, 15) is 13.6 Å². The van der Waals surface area contributed by atoms with Crippen molar-refractivity contribution < 1.29 is 32.5 Å². The largest absolute Gasteiger partial charge is 0.494 e. The molecule has 1 saturated heterocycles. The van der Waals surface area contributed by atoms with E-state index in [0.717, 1.165) is 5.56 Å². The van der Waals surface area contributed by atoms with Crippen molar-refractivity contribution in [2.24, 2.45) is 0 Å². The molecule has 0 aliphatic carbocycles. The van der Waals surface area contributed by atoms with E-state index < -0.39 is 11.6 Å². The van der Waals surface area contributed by atoms with Gasteiger partial charge in [0, 0.05) is 24.8 Å². The molecule has 0 radical (unpaired) electrons. The van der Waals surface area contributed by atoms with Crippen LogP contribution in [0.5, 0.6) is 17.2 Å². The summed E-state index contributed by atoms with van der Waals surface area (Å²) in [5.74, 6) is -0.579. The van der Waals surface area contributed by atoms with Crippen LogP contribution in [0.1, 0.15) is 16.7 Å². The molecule has 37 heavy (non-hydrogen) atoms. The Morgan fingerprint density at radius 1 is 1.03 bits per heavy atom. The molecule has 0 bridgehead atoms. The van der Waals surface area contributed by atoms with E-state index in [-0.39, 0.29) is 47.7 Å². The fourth-order valence-corrected chi connectivity index (χ4v) is 3.70. The number of halogens is 2. The van der Waals surface area contributed by atoms with Crippen LogP contribution >= 0.6 is 0 Å². The lowest BCUT2D eigenvalue weighted by molar-refractivity contribution is -0.137. The average molecular weight is 515 g/mol. The number of ether oxygens (including phenoxy) is 4. The number of amides is 1. The molecule has 11 heteroatoms. The van der Waals surface area contributed by atoms with Crippen LogP contribution in [0.15, 0.2) is 36.7 Å². The molecule has 1 N–H and O–H groups in total. The van der Waals surface area contributed by atoms with Gasteiger partial charge < -0.3 is 29.2 Å². The van der Waals surface area contributed by atoms with E-state index in [1.807, 2.05) is 19.1 Å². The zero-order valence-electron chi connectivity index (χ0n) is 20.8. The molecule has 196 valence electrons. The fourth-order valence-electron chi connectivity index (χ4n) is 3.70. The monoisotopic (exact) mass is 514 g/mol. The van der Waals surface area contributed by atoms with Gasteiger partial charge in [0.25, 0.3) is 5.91 Å². The van der Waals surface area contributed by atoms with Gasteiger partial charge in [-0.05, 0) is 37.1 Å². The molecule has 3 aromatic rings. The van der Waals surface area contributed by atoms with Crippen LogP contribution in [0, 0.1) is 25.5 Å². The van der Waals surface area contributed by atoms with Crippen LogP contribution in [0.3, 0.4) is 0 Å². The normalized spacial score (nSPS) is 13.3. The molecule has 1 aliphatic heterocycles. The predicted molar refractivity (Wildman–Crippen MR) is 131 cm³/mol. The summed E-state index contributed by atoms with van der Waals surface area (Å²) in [7, 11) is 1.31. The summed E-state index contributed by atoms with van der Waals surface area (Å²) >= 11 is 0. The van der Waals surface area contributed by atoms with Gasteiger partial charge in [-0.2, -0.15) is 0 Å². The molecule has 1 fully saturated rings. The second kappa shape index (κ2) is 11.8. The number of carbonyl (C=O) groups excluding carboxylic acids is 1. The van der Waals surface area contributed by atoms with Gasteiger partial charge in [-0.15, -0.1) is 0 Å². The molecule has 2 aromatic carbocycles. The van der Waals surface area contributed by atoms with Gasteiger partial charge in [0.05, 0.1) is 38.3 Å². The molecule has 0 saturated carbocycles. The Morgan fingerprint density at radius 3 is 2.46 bits per heavy atom. The van der Waals surface area contributed by atoms with Crippen molar-refractivity contribution in [2.75, 3.05) is 45.3 Å². The predicted octanol–water partition coefficient (Wildman–Crippen LogP) is 3.94. The lowest BCUT2D eigenvalue weighted by atomic mass is 10.1. The Bertz CT molecular complexity index is 1250. The average Bonchev–Trinajstić information content (AvgIpc) is 2.92. The quantitative estimate of drug-likeness (QED) is 0.459. The summed E-state index contributed by atoms with van der Waals surface area (Å²) < 4.78 is 50.3. The van der Waals surface area contributed by atoms with E-state index in [1.54, 1.807) is 11.0 Å². The number of carbonyl (C=O) groups is 1. The summed E-state index contributed by atoms with van der Waals surface area (Å²) in [6.45, 7) is 5.16. The maximum absolute atomic E-state index is 14.5. The van der Waals surface area contributed by atoms with E-state index in [0.29, 0.717) is 37.7 Å². The molecule has 1 aliphatic rings. The Kier molecular flexibility index (Phi) is 8.34. The third-order valence-corrected chi connectivity index (χ3v) is 5.83. The van der Waals surface area contributed by atoms with E-state index in [2.05, 4.69) is 15.3 Å². The molecule has 0 atom stereocenters. The molecule has 1 aromatic heterocycles. The first-order valence-corrected chi connectivity index (χ1v) is 11.7. The van der Waals surface area contributed by atoms with Crippen molar-refractivity contribution in [1.82, 2.24) is 14.9 Å². The summed E-state index contributed by atoms with van der Waals surface area (Å²) in [6, 6.07) is 6.73. The Labute approximate surface area is 213 Å². The molecular formula is C26H28F2N4O5. The smallest absolute Gasteiger partial charge is 0.260 e. The lowest BCUT2D eigenvalue weighted by Crippen LogP contribution is -2.43. The van der Waals surface area contributed by atoms with Gasteiger partial charge in [-0.25, -0.2) is 18.7 Å². The first-order valence-electron chi connectivity index (χ1n) is 11.7. The van der Waals surface area contributed by atoms with Gasteiger partial charge in [0.1, 0.15) is 18.2 Å². The number of hydrogen-bond acceptors (Lipinski definition) is 8. The zero-order chi connectivity index (χ0) is 26.4. The molecule has 2 heterocycles. The maximum atomic E-state index is 14.5. The Morgan fingerprint density at radius 2 is 1.76 bits per heavy atom. The van der Waals surface area contributed by atoms with Crippen LogP contribution in [-0.2, 0) is 16.1 Å². The highest BCUT2D eigenvalue weighted by molar-refractivity contribution is 5.78. The third-order valence-electron chi connectivity index (χ3n) is 5.83. The Balaban J connectivity index is 1.36. The van der Waals surface area contributed by atoms with Crippen LogP contribution < -0.4 is 19.5 Å². The number of rotatable bonds is 9. The number of nitrogens with one attached hydrogen (secondary N) is 1. The summed E-state index contributed by atoms with van der Waals surface area (Å²) in [6.07, 6.45) is 2.79. The Hall–Kier alpha value is -3.99. The van der Waals surface area contributed by atoms with Crippen LogP contribution in [0.2, 0.25) is 0 Å². The molecule has 9 nitrogen and oxygen atoms in total. The van der Waals surface area contributed by atoms with Crippen LogP contribution in [0.25, 0.3) is 0 Å². The highest BCUT2D eigenvalue weighted by atomic mass is 19.1. The standard InChI is InChI=1S/C26H28F2N4O5/c1-16-4-5-18(11-21(16)37-15-23(33)32-6-8-35-9-7-32)31-26-29-12-19(13-30-26)36-14-20-24(27)17(2)10-22(34-3)25(20)28/h4-5,10-13H,6-9,14-15H2,1-3H3,(H,29,30,31). The highest BCUT2D eigenvalue weighted by Gasteiger charge is 2.19. The van der Waals surface area contributed by atoms with Gasteiger partial charge in [-0.3, -0.25) is 4.79 Å². The first kappa shape index (κ1) is 26.1. The van der Waals surface area contributed by atoms with Gasteiger partial charge in [0.15, 0.2) is 23.9 Å². The lowest BCUT2D eigenvalue weighted by Gasteiger charge is -2.26. The molecule has 0 spiro atoms. The van der Waals surface area contributed by atoms with Crippen molar-refractivity contribution in [3.8, 4) is 17.2 Å². The van der Waals surface area contributed by atoms with Gasteiger partial charge in [-0.1, -0.05) is 6.07 Å². The number of methoxy groups -OCH3 is 1. The number of morpholine rings is 1. The number of aromatic nitrogens is 2. The minimum absolute atomic E-state index is 0.0554. The second-order valence-electron chi connectivity index (χ2n) is 8.42. The number of anilines is 2. The van der Waals surface area contributed by atoms with Crippen molar-refractivity contribution in [3.63, 3.8) is 0 Å². The van der Waals surface area contributed by atoms with Gasteiger partial charge in [0.2, 0.25) is 5.95 Å². The maximum Gasteiger partial charge on any atom is 0.260 e. The molecule has 1 amide bonds. The van der Waals surface area contributed by atoms with Crippen molar-refractivity contribution in [1.29, 1.82) is 0 Å². The highest BCUT2D eigenvalue weighted by Crippen LogP contribution is 2.28. The number of hydrogen-bond donors (Lipinski definition) is 1. The number of nitrogens with zero attached hydrogens (tertiary/aromatic N) is 3. The molecule has 4 rings (SSSR count). The topological polar surface area (TPSA) is 95.0 Å².